The molecule has 2 unspecified atom stereocenters. The molecule has 0 bridgehead atoms. The van der Waals surface area contributed by atoms with Crippen LogP contribution in [0.25, 0.3) is 0 Å². The molecule has 2 atom stereocenters. The summed E-state index contributed by atoms with van der Waals surface area (Å²) < 4.78 is 4.66. The lowest BCUT2D eigenvalue weighted by Crippen LogP contribution is -2.40. The van der Waals surface area contributed by atoms with Gasteiger partial charge in [-0.3, -0.25) is 9.69 Å². The van der Waals surface area contributed by atoms with E-state index >= 15 is 0 Å². The van der Waals surface area contributed by atoms with Crippen molar-refractivity contribution in [2.24, 2.45) is 5.73 Å². The fourth-order valence-corrected chi connectivity index (χ4v) is 3.08. The highest BCUT2D eigenvalue weighted by Crippen LogP contribution is 2.21. The minimum Gasteiger partial charge on any atom is -0.468 e. The smallest absolute Gasteiger partial charge is 0.322 e. The first-order chi connectivity index (χ1) is 8.70. The Balaban J connectivity index is 1.77. The lowest BCUT2D eigenvalue weighted by atomic mass is 10.2. The van der Waals surface area contributed by atoms with E-state index in [2.05, 4.69) is 14.5 Å². The average molecular weight is 255 g/mol. The maximum Gasteiger partial charge on any atom is 0.322 e. The second-order valence-electron chi connectivity index (χ2n) is 5.40. The van der Waals surface area contributed by atoms with Gasteiger partial charge in [0.2, 0.25) is 0 Å². The van der Waals surface area contributed by atoms with Gasteiger partial charge >= 0.3 is 5.97 Å². The van der Waals surface area contributed by atoms with Gasteiger partial charge in [0.15, 0.2) is 0 Å². The van der Waals surface area contributed by atoms with Crippen LogP contribution in [0.4, 0.5) is 0 Å². The third kappa shape index (κ3) is 3.43. The standard InChI is InChI=1S/C13H25N3O2/c1-18-13(17)12(14)5-9-15-6-3-8-16-7-2-4-11(16)10-15/h11-12H,2-10,14H2,1H3. The number of esters is 1. The molecule has 5 nitrogen and oxygen atoms in total. The van der Waals surface area contributed by atoms with Gasteiger partial charge in [0, 0.05) is 19.1 Å². The van der Waals surface area contributed by atoms with Crippen molar-refractivity contribution >= 4 is 5.97 Å². The van der Waals surface area contributed by atoms with Crippen LogP contribution in [0.2, 0.25) is 0 Å². The number of fused-ring (bicyclic) bond motifs is 1. The predicted molar refractivity (Wildman–Crippen MR) is 70.3 cm³/mol. The topological polar surface area (TPSA) is 58.8 Å². The minimum atomic E-state index is -0.474. The molecule has 0 radical (unpaired) electrons. The van der Waals surface area contributed by atoms with Crippen LogP contribution in [0.15, 0.2) is 0 Å². The quantitative estimate of drug-likeness (QED) is 0.719. The van der Waals surface area contributed by atoms with Crippen molar-refractivity contribution in [3.05, 3.63) is 0 Å². The number of nitrogens with zero attached hydrogens (tertiary/aromatic N) is 2. The van der Waals surface area contributed by atoms with E-state index in [0.29, 0.717) is 6.42 Å². The molecule has 2 rings (SSSR count). The molecule has 2 heterocycles. The van der Waals surface area contributed by atoms with Gasteiger partial charge in [-0.25, -0.2) is 0 Å². The van der Waals surface area contributed by atoms with Crippen LogP contribution < -0.4 is 5.73 Å². The molecule has 2 saturated heterocycles. The molecule has 2 aliphatic heterocycles. The Morgan fingerprint density at radius 2 is 2.17 bits per heavy atom. The van der Waals surface area contributed by atoms with Crippen LogP contribution in [0.1, 0.15) is 25.7 Å². The van der Waals surface area contributed by atoms with Crippen LogP contribution in [-0.2, 0) is 9.53 Å². The van der Waals surface area contributed by atoms with Crippen molar-refractivity contribution in [1.29, 1.82) is 0 Å². The molecule has 0 aliphatic carbocycles. The van der Waals surface area contributed by atoms with E-state index in [0.717, 1.165) is 25.7 Å². The fourth-order valence-electron chi connectivity index (χ4n) is 3.08. The van der Waals surface area contributed by atoms with Gasteiger partial charge in [-0.1, -0.05) is 0 Å². The Kier molecular flexibility index (Phi) is 4.97. The second-order valence-corrected chi connectivity index (χ2v) is 5.40. The van der Waals surface area contributed by atoms with Gasteiger partial charge in [0.25, 0.3) is 0 Å². The molecule has 104 valence electrons. The van der Waals surface area contributed by atoms with E-state index in [4.69, 9.17) is 5.73 Å². The monoisotopic (exact) mass is 255 g/mol. The summed E-state index contributed by atoms with van der Waals surface area (Å²) in [5, 5.41) is 0. The summed E-state index contributed by atoms with van der Waals surface area (Å²) in [5.41, 5.74) is 5.78. The molecule has 0 saturated carbocycles. The van der Waals surface area contributed by atoms with Crippen LogP contribution >= 0.6 is 0 Å². The minimum absolute atomic E-state index is 0.299. The molecule has 5 heteroatoms. The molecule has 0 aromatic heterocycles. The Morgan fingerprint density at radius 3 is 2.94 bits per heavy atom. The first-order valence-corrected chi connectivity index (χ1v) is 7.00. The number of hydrogen-bond donors (Lipinski definition) is 1. The van der Waals surface area contributed by atoms with Crippen molar-refractivity contribution in [2.75, 3.05) is 39.8 Å². The van der Waals surface area contributed by atoms with Crippen molar-refractivity contribution < 1.29 is 9.53 Å². The van der Waals surface area contributed by atoms with E-state index in [1.54, 1.807) is 0 Å². The Morgan fingerprint density at radius 1 is 1.39 bits per heavy atom. The highest BCUT2D eigenvalue weighted by Gasteiger charge is 2.28. The first-order valence-electron chi connectivity index (χ1n) is 7.00. The molecule has 0 aromatic carbocycles. The van der Waals surface area contributed by atoms with Crippen LogP contribution in [0, 0.1) is 0 Å². The van der Waals surface area contributed by atoms with Crippen LogP contribution in [-0.4, -0.2) is 67.7 Å². The molecule has 0 aromatic rings. The summed E-state index contributed by atoms with van der Waals surface area (Å²) >= 11 is 0. The third-order valence-electron chi connectivity index (χ3n) is 4.15. The second kappa shape index (κ2) is 6.50. The summed E-state index contributed by atoms with van der Waals surface area (Å²) in [6, 6.07) is 0.250. The van der Waals surface area contributed by atoms with Crippen molar-refractivity contribution in [3.8, 4) is 0 Å². The Labute approximate surface area is 109 Å². The molecular formula is C13H25N3O2. The number of methoxy groups -OCH3 is 1. The molecule has 0 spiro atoms. The zero-order valence-corrected chi connectivity index (χ0v) is 11.3. The van der Waals surface area contributed by atoms with E-state index in [1.807, 2.05) is 0 Å². The van der Waals surface area contributed by atoms with Gasteiger partial charge in [0.1, 0.15) is 6.04 Å². The van der Waals surface area contributed by atoms with Crippen molar-refractivity contribution in [1.82, 2.24) is 9.80 Å². The summed E-state index contributed by atoms with van der Waals surface area (Å²) in [7, 11) is 1.39. The molecule has 18 heavy (non-hydrogen) atoms. The van der Waals surface area contributed by atoms with Crippen molar-refractivity contribution in [3.63, 3.8) is 0 Å². The number of ether oxygens (including phenoxy) is 1. The number of carbonyl (C=O) groups excluding carboxylic acids is 1. The van der Waals surface area contributed by atoms with Crippen molar-refractivity contribution in [2.45, 2.75) is 37.8 Å². The number of carbonyl (C=O) groups is 1. The van der Waals surface area contributed by atoms with Gasteiger partial charge in [0.05, 0.1) is 7.11 Å². The summed E-state index contributed by atoms with van der Waals surface area (Å²) in [6.07, 6.45) is 4.57. The molecule has 0 amide bonds. The number of hydrogen-bond acceptors (Lipinski definition) is 5. The largest absolute Gasteiger partial charge is 0.468 e. The van der Waals surface area contributed by atoms with E-state index in [1.165, 1.54) is 39.5 Å². The highest BCUT2D eigenvalue weighted by molar-refractivity contribution is 5.75. The summed E-state index contributed by atoms with van der Waals surface area (Å²) in [4.78, 5) is 16.3. The maximum atomic E-state index is 11.3. The number of nitrogens with two attached hydrogens (primary N) is 1. The molecule has 2 fully saturated rings. The number of rotatable bonds is 4. The lowest BCUT2D eigenvalue weighted by Gasteiger charge is -2.26. The first kappa shape index (κ1) is 13.8. The van der Waals surface area contributed by atoms with Gasteiger partial charge < -0.3 is 15.4 Å². The molecular weight excluding hydrogens is 230 g/mol. The van der Waals surface area contributed by atoms with Crippen LogP contribution in [0.5, 0.6) is 0 Å². The van der Waals surface area contributed by atoms with Crippen LogP contribution in [0.3, 0.4) is 0 Å². The maximum absolute atomic E-state index is 11.3. The molecule has 2 aliphatic rings. The average Bonchev–Trinajstić information content (AvgIpc) is 2.73. The zero-order chi connectivity index (χ0) is 13.0. The van der Waals surface area contributed by atoms with E-state index < -0.39 is 6.04 Å². The normalized spacial score (nSPS) is 27.6. The Bertz CT molecular complexity index is 285. The predicted octanol–water partition coefficient (Wildman–Crippen LogP) is 0.0469. The highest BCUT2D eigenvalue weighted by atomic mass is 16.5. The Hall–Kier alpha value is -0.650. The van der Waals surface area contributed by atoms with Gasteiger partial charge in [-0.15, -0.1) is 0 Å². The van der Waals surface area contributed by atoms with Gasteiger partial charge in [-0.2, -0.15) is 0 Å². The lowest BCUT2D eigenvalue weighted by molar-refractivity contribution is -0.142. The van der Waals surface area contributed by atoms with Gasteiger partial charge in [-0.05, 0) is 45.3 Å². The molecule has 2 N–H and O–H groups in total. The third-order valence-corrected chi connectivity index (χ3v) is 4.15. The van der Waals surface area contributed by atoms with E-state index in [-0.39, 0.29) is 5.97 Å². The zero-order valence-electron chi connectivity index (χ0n) is 11.3. The SMILES string of the molecule is COC(=O)C(N)CCN1CCCN2CCCC2C1. The van der Waals surface area contributed by atoms with E-state index in [9.17, 15) is 4.79 Å². The summed E-state index contributed by atoms with van der Waals surface area (Å²) in [6.45, 7) is 5.65. The fraction of sp³-hybridized carbons (Fsp3) is 0.923. The summed E-state index contributed by atoms with van der Waals surface area (Å²) in [5.74, 6) is -0.299.